The van der Waals surface area contributed by atoms with Crippen LogP contribution >= 0.6 is 23.1 Å². The second kappa shape index (κ2) is 8.54. The van der Waals surface area contributed by atoms with Crippen LogP contribution in [0.15, 0.2) is 29.6 Å². The first-order valence-corrected chi connectivity index (χ1v) is 8.86. The summed E-state index contributed by atoms with van der Waals surface area (Å²) >= 11 is 2.72. The van der Waals surface area contributed by atoms with Gasteiger partial charge in [0.1, 0.15) is 5.75 Å². The van der Waals surface area contributed by atoms with Crippen LogP contribution in [0, 0.1) is 6.92 Å². The lowest BCUT2D eigenvalue weighted by Crippen LogP contribution is -2.20. The van der Waals surface area contributed by atoms with Crippen LogP contribution in [0.2, 0.25) is 0 Å². The van der Waals surface area contributed by atoms with Crippen molar-refractivity contribution in [1.82, 2.24) is 4.98 Å². The molecule has 1 heterocycles. The molecule has 3 N–H and O–H groups in total. The van der Waals surface area contributed by atoms with Gasteiger partial charge in [0.05, 0.1) is 11.4 Å². The van der Waals surface area contributed by atoms with Gasteiger partial charge in [-0.2, -0.15) is 0 Å². The van der Waals surface area contributed by atoms with E-state index in [-0.39, 0.29) is 24.2 Å². The third-order valence-electron chi connectivity index (χ3n) is 2.65. The molecular formula is C15H17N3O3S2. The molecule has 23 heavy (non-hydrogen) atoms. The van der Waals surface area contributed by atoms with Crippen molar-refractivity contribution in [1.29, 1.82) is 0 Å². The van der Waals surface area contributed by atoms with Crippen molar-refractivity contribution in [2.24, 2.45) is 5.73 Å². The molecule has 0 aliphatic heterocycles. The summed E-state index contributed by atoms with van der Waals surface area (Å²) in [5.41, 5.74) is 6.94. The molecule has 1 aromatic carbocycles. The Balaban J connectivity index is 1.77. The molecule has 0 aliphatic carbocycles. The van der Waals surface area contributed by atoms with Gasteiger partial charge < -0.3 is 10.5 Å². The number of carbonyl (C=O) groups is 2. The van der Waals surface area contributed by atoms with E-state index in [4.69, 9.17) is 10.5 Å². The summed E-state index contributed by atoms with van der Waals surface area (Å²) in [5, 5.41) is 5.04. The highest BCUT2D eigenvalue weighted by atomic mass is 32.2. The van der Waals surface area contributed by atoms with Crippen LogP contribution in [-0.4, -0.2) is 29.2 Å². The van der Waals surface area contributed by atoms with Gasteiger partial charge >= 0.3 is 0 Å². The predicted octanol–water partition coefficient (Wildman–Crippen LogP) is 2.19. The van der Waals surface area contributed by atoms with E-state index in [1.54, 1.807) is 6.07 Å². The molecule has 2 rings (SSSR count). The largest absolute Gasteiger partial charge is 0.484 e. The second-order valence-electron chi connectivity index (χ2n) is 4.76. The summed E-state index contributed by atoms with van der Waals surface area (Å²) in [7, 11) is 0. The number of aryl methyl sites for hydroxylation is 1. The molecule has 0 spiro atoms. The van der Waals surface area contributed by atoms with E-state index >= 15 is 0 Å². The average molecular weight is 351 g/mol. The molecule has 8 heteroatoms. The van der Waals surface area contributed by atoms with Crippen LogP contribution in [0.5, 0.6) is 5.75 Å². The van der Waals surface area contributed by atoms with Crippen LogP contribution in [0.4, 0.5) is 5.13 Å². The van der Waals surface area contributed by atoms with Gasteiger partial charge in [-0.05, 0) is 24.6 Å². The quantitative estimate of drug-likeness (QED) is 0.760. The Labute approximate surface area is 142 Å². The lowest BCUT2D eigenvalue weighted by molar-refractivity contribution is -0.118. The van der Waals surface area contributed by atoms with Gasteiger partial charge in [0.15, 0.2) is 11.7 Å². The number of carbonyl (C=O) groups excluding carboxylic acids is 2. The van der Waals surface area contributed by atoms with Crippen molar-refractivity contribution in [3.63, 3.8) is 0 Å². The minimum absolute atomic E-state index is 0.0746. The fourth-order valence-corrected chi connectivity index (χ4v) is 3.19. The van der Waals surface area contributed by atoms with Crippen molar-refractivity contribution in [3.8, 4) is 5.75 Å². The number of hydrogen-bond acceptors (Lipinski definition) is 6. The second-order valence-corrected chi connectivity index (χ2v) is 6.60. The normalized spacial score (nSPS) is 10.3. The van der Waals surface area contributed by atoms with Gasteiger partial charge in [-0.1, -0.05) is 12.1 Å². The molecule has 0 fully saturated rings. The number of nitrogens with zero attached hydrogens (tertiary/aromatic N) is 1. The van der Waals surface area contributed by atoms with Crippen molar-refractivity contribution < 1.29 is 14.3 Å². The number of aromatic nitrogens is 1. The number of nitrogens with one attached hydrogen (secondary N) is 1. The molecule has 0 bridgehead atoms. The minimum atomic E-state index is -0.355. The van der Waals surface area contributed by atoms with Gasteiger partial charge in [-0.25, -0.2) is 4.98 Å². The highest BCUT2D eigenvalue weighted by Gasteiger charge is 2.08. The van der Waals surface area contributed by atoms with E-state index in [9.17, 15) is 9.59 Å². The van der Waals surface area contributed by atoms with Crippen LogP contribution < -0.4 is 15.8 Å². The van der Waals surface area contributed by atoms with E-state index in [0.717, 1.165) is 11.3 Å². The first-order chi connectivity index (χ1) is 11.0. The molecule has 0 radical (unpaired) electrons. The molecule has 1 aromatic heterocycles. The molecule has 2 amide bonds. The fourth-order valence-electron chi connectivity index (χ4n) is 1.70. The third-order valence-corrected chi connectivity index (χ3v) is 4.45. The number of nitrogens with two attached hydrogens (primary N) is 1. The summed E-state index contributed by atoms with van der Waals surface area (Å²) in [6, 6.07) is 7.50. The third kappa shape index (κ3) is 6.29. The number of rotatable bonds is 8. The summed E-state index contributed by atoms with van der Waals surface area (Å²) in [5.74, 6) is 0.866. The van der Waals surface area contributed by atoms with E-state index < -0.39 is 0 Å². The molecule has 122 valence electrons. The smallest absolute Gasteiger partial charge is 0.264 e. The van der Waals surface area contributed by atoms with E-state index in [2.05, 4.69) is 10.3 Å². The lowest BCUT2D eigenvalue weighted by atomic mass is 10.2. The van der Waals surface area contributed by atoms with Crippen LogP contribution in [0.3, 0.4) is 0 Å². The molecule has 0 aliphatic rings. The van der Waals surface area contributed by atoms with Gasteiger partial charge in [-0.15, -0.1) is 23.1 Å². The first kappa shape index (κ1) is 17.3. The fraction of sp³-hybridized carbons (Fsp3) is 0.267. The predicted molar refractivity (Wildman–Crippen MR) is 92.8 cm³/mol. The monoisotopic (exact) mass is 351 g/mol. The maximum absolute atomic E-state index is 11.8. The highest BCUT2D eigenvalue weighted by Crippen LogP contribution is 2.19. The summed E-state index contributed by atoms with van der Waals surface area (Å²) in [6.45, 7) is 1.88. The summed E-state index contributed by atoms with van der Waals surface area (Å²) < 4.78 is 5.43. The number of thiazole rings is 1. The van der Waals surface area contributed by atoms with E-state index in [1.165, 1.54) is 23.1 Å². The molecule has 2 aromatic rings. The Morgan fingerprint density at radius 3 is 3.00 bits per heavy atom. The lowest BCUT2D eigenvalue weighted by Gasteiger charge is -2.06. The van der Waals surface area contributed by atoms with E-state index in [1.807, 2.05) is 30.5 Å². The molecule has 0 saturated carbocycles. The zero-order valence-electron chi connectivity index (χ0n) is 12.6. The minimum Gasteiger partial charge on any atom is -0.484 e. The van der Waals surface area contributed by atoms with Crippen LogP contribution in [-0.2, 0) is 15.3 Å². The Bertz CT molecular complexity index is 688. The standard InChI is InChI=1S/C15H17N3O3S2/c1-10-3-2-4-12(5-10)21-6-14(20)18-15-17-11(8-23-15)7-22-9-13(16)19/h2-5,8H,6-7,9H2,1H3,(H2,16,19)(H,17,18,20). The maximum atomic E-state index is 11.8. The van der Waals surface area contributed by atoms with Gasteiger partial charge in [0, 0.05) is 11.1 Å². The SMILES string of the molecule is Cc1cccc(OCC(=O)Nc2nc(CSCC(N)=O)cs2)c1. The van der Waals surface area contributed by atoms with Crippen molar-refractivity contribution in [3.05, 3.63) is 40.9 Å². The molecule has 0 saturated heterocycles. The Morgan fingerprint density at radius 2 is 2.26 bits per heavy atom. The molecule has 0 unspecified atom stereocenters. The summed E-state index contributed by atoms with van der Waals surface area (Å²) in [6.07, 6.45) is 0. The molecule has 6 nitrogen and oxygen atoms in total. The maximum Gasteiger partial charge on any atom is 0.264 e. The zero-order valence-corrected chi connectivity index (χ0v) is 14.2. The van der Waals surface area contributed by atoms with Crippen molar-refractivity contribution >= 4 is 40.0 Å². The number of anilines is 1. The number of thioether (sulfide) groups is 1. The van der Waals surface area contributed by atoms with Crippen LogP contribution in [0.25, 0.3) is 0 Å². The highest BCUT2D eigenvalue weighted by molar-refractivity contribution is 7.99. The number of primary amides is 1. The Kier molecular flexibility index (Phi) is 6.42. The number of hydrogen-bond donors (Lipinski definition) is 2. The van der Waals surface area contributed by atoms with Gasteiger partial charge in [0.25, 0.3) is 5.91 Å². The topological polar surface area (TPSA) is 94.3 Å². The number of benzene rings is 1. The Hall–Kier alpha value is -2.06. The van der Waals surface area contributed by atoms with E-state index in [0.29, 0.717) is 16.6 Å². The van der Waals surface area contributed by atoms with Gasteiger partial charge in [-0.3, -0.25) is 14.9 Å². The first-order valence-electron chi connectivity index (χ1n) is 6.82. The number of amides is 2. The average Bonchev–Trinajstić information content (AvgIpc) is 2.92. The zero-order chi connectivity index (χ0) is 16.7. The Morgan fingerprint density at radius 1 is 1.43 bits per heavy atom. The van der Waals surface area contributed by atoms with Crippen molar-refractivity contribution in [2.75, 3.05) is 17.7 Å². The summed E-state index contributed by atoms with van der Waals surface area (Å²) in [4.78, 5) is 26.8. The molecule has 0 atom stereocenters. The molecular weight excluding hydrogens is 334 g/mol. The van der Waals surface area contributed by atoms with Crippen molar-refractivity contribution in [2.45, 2.75) is 12.7 Å². The number of ether oxygens (including phenoxy) is 1. The van der Waals surface area contributed by atoms with Crippen LogP contribution in [0.1, 0.15) is 11.3 Å². The van der Waals surface area contributed by atoms with Gasteiger partial charge in [0.2, 0.25) is 5.91 Å².